The summed E-state index contributed by atoms with van der Waals surface area (Å²) in [5.74, 6) is -1.27. The van der Waals surface area contributed by atoms with Gasteiger partial charge in [-0.3, -0.25) is 9.78 Å². The summed E-state index contributed by atoms with van der Waals surface area (Å²) in [5, 5.41) is 11.9. The molecule has 104 valence electrons. The van der Waals surface area contributed by atoms with Crippen molar-refractivity contribution in [2.45, 2.75) is 19.4 Å². The lowest BCUT2D eigenvalue weighted by Gasteiger charge is -2.14. The lowest BCUT2D eigenvalue weighted by molar-refractivity contribution is -0.121. The number of hydrogen-bond acceptors (Lipinski definition) is 3. The van der Waals surface area contributed by atoms with Crippen molar-refractivity contribution < 1.29 is 14.3 Å². The maximum Gasteiger partial charge on any atom is 0.224 e. The quantitative estimate of drug-likeness (QED) is 0.899. The summed E-state index contributed by atoms with van der Waals surface area (Å²) in [6, 6.07) is 7.31. The Labute approximate surface area is 116 Å². The van der Waals surface area contributed by atoms with Gasteiger partial charge < -0.3 is 10.4 Å². The van der Waals surface area contributed by atoms with Crippen molar-refractivity contribution in [2.75, 3.05) is 0 Å². The molecule has 5 heteroatoms. The van der Waals surface area contributed by atoms with E-state index in [0.29, 0.717) is 5.56 Å². The molecule has 20 heavy (non-hydrogen) atoms. The summed E-state index contributed by atoms with van der Waals surface area (Å²) >= 11 is 0. The van der Waals surface area contributed by atoms with Gasteiger partial charge in [-0.2, -0.15) is 0 Å². The van der Waals surface area contributed by atoms with Crippen LogP contribution in [0.3, 0.4) is 0 Å². The van der Waals surface area contributed by atoms with Crippen molar-refractivity contribution in [3.8, 4) is 5.75 Å². The van der Waals surface area contributed by atoms with Crippen molar-refractivity contribution in [1.82, 2.24) is 10.3 Å². The summed E-state index contributed by atoms with van der Waals surface area (Å²) in [7, 11) is 0. The average Bonchev–Trinajstić information content (AvgIpc) is 2.42. The van der Waals surface area contributed by atoms with Crippen molar-refractivity contribution >= 4 is 5.91 Å². The molecular formula is C15H15FN2O2. The van der Waals surface area contributed by atoms with Gasteiger partial charge in [0.1, 0.15) is 0 Å². The first-order chi connectivity index (χ1) is 9.56. The first kappa shape index (κ1) is 14.0. The minimum Gasteiger partial charge on any atom is -0.505 e. The third-order valence-corrected chi connectivity index (χ3v) is 2.94. The zero-order valence-electron chi connectivity index (χ0n) is 11.0. The molecule has 1 heterocycles. The molecule has 0 aliphatic heterocycles. The van der Waals surface area contributed by atoms with Crippen molar-refractivity contribution in [3.63, 3.8) is 0 Å². The maximum absolute atomic E-state index is 13.3. The second-order valence-electron chi connectivity index (χ2n) is 4.54. The van der Waals surface area contributed by atoms with Crippen LogP contribution in [0.25, 0.3) is 0 Å². The van der Waals surface area contributed by atoms with Crippen LogP contribution in [0.4, 0.5) is 4.39 Å². The zero-order chi connectivity index (χ0) is 14.5. The molecule has 0 spiro atoms. The Morgan fingerprint density at radius 2 is 2.25 bits per heavy atom. The van der Waals surface area contributed by atoms with Gasteiger partial charge in [0.15, 0.2) is 11.6 Å². The molecule has 0 aliphatic carbocycles. The zero-order valence-corrected chi connectivity index (χ0v) is 11.0. The van der Waals surface area contributed by atoms with E-state index in [2.05, 4.69) is 10.3 Å². The number of carbonyl (C=O) groups is 1. The van der Waals surface area contributed by atoms with E-state index < -0.39 is 11.6 Å². The number of rotatable bonds is 4. The fraction of sp³-hybridized carbons (Fsp3) is 0.200. The second-order valence-corrected chi connectivity index (χ2v) is 4.54. The molecule has 1 atom stereocenters. The summed E-state index contributed by atoms with van der Waals surface area (Å²) in [6.07, 6.45) is 3.49. The van der Waals surface area contributed by atoms with Crippen LogP contribution in [0.15, 0.2) is 42.7 Å². The number of carbonyl (C=O) groups excluding carboxylic acids is 1. The van der Waals surface area contributed by atoms with Gasteiger partial charge in [-0.05, 0) is 36.2 Å². The van der Waals surface area contributed by atoms with Crippen LogP contribution >= 0.6 is 0 Å². The summed E-state index contributed by atoms with van der Waals surface area (Å²) in [5.41, 5.74) is 1.41. The Bertz CT molecular complexity index is 602. The number of phenols is 1. The van der Waals surface area contributed by atoms with Gasteiger partial charge in [-0.15, -0.1) is 0 Å². The molecule has 1 unspecified atom stereocenters. The highest BCUT2D eigenvalue weighted by Gasteiger charge is 2.12. The predicted molar refractivity (Wildman–Crippen MR) is 72.6 cm³/mol. The number of halogens is 1. The van der Waals surface area contributed by atoms with Crippen LogP contribution in [0.1, 0.15) is 24.1 Å². The van der Waals surface area contributed by atoms with E-state index in [-0.39, 0.29) is 18.4 Å². The second kappa shape index (κ2) is 6.14. The van der Waals surface area contributed by atoms with Gasteiger partial charge in [0.25, 0.3) is 0 Å². The topological polar surface area (TPSA) is 62.2 Å². The van der Waals surface area contributed by atoms with Crippen LogP contribution in [-0.4, -0.2) is 16.0 Å². The number of benzene rings is 1. The largest absolute Gasteiger partial charge is 0.505 e. The van der Waals surface area contributed by atoms with E-state index in [0.717, 1.165) is 5.56 Å². The Balaban J connectivity index is 1.98. The maximum atomic E-state index is 13.3. The van der Waals surface area contributed by atoms with Crippen LogP contribution < -0.4 is 5.32 Å². The van der Waals surface area contributed by atoms with E-state index in [9.17, 15) is 9.18 Å². The third-order valence-electron chi connectivity index (χ3n) is 2.94. The van der Waals surface area contributed by atoms with E-state index >= 15 is 0 Å². The van der Waals surface area contributed by atoms with Crippen LogP contribution in [0.2, 0.25) is 0 Å². The molecule has 0 radical (unpaired) electrons. The van der Waals surface area contributed by atoms with Gasteiger partial charge >= 0.3 is 0 Å². The molecule has 0 saturated carbocycles. The number of nitrogens with one attached hydrogen (secondary N) is 1. The third kappa shape index (κ3) is 3.54. The number of nitrogens with zero attached hydrogens (tertiary/aromatic N) is 1. The van der Waals surface area contributed by atoms with E-state index in [4.69, 9.17) is 5.11 Å². The van der Waals surface area contributed by atoms with E-state index in [1.807, 2.05) is 6.07 Å². The molecule has 1 aromatic heterocycles. The Kier molecular flexibility index (Phi) is 4.30. The molecular weight excluding hydrogens is 259 g/mol. The molecule has 0 fully saturated rings. The predicted octanol–water partition coefficient (Wildman–Crippen LogP) is 2.35. The first-order valence-electron chi connectivity index (χ1n) is 6.23. The lowest BCUT2D eigenvalue weighted by atomic mass is 10.1. The van der Waals surface area contributed by atoms with Crippen molar-refractivity contribution in [3.05, 3.63) is 59.7 Å². The highest BCUT2D eigenvalue weighted by molar-refractivity contribution is 5.78. The van der Waals surface area contributed by atoms with Gasteiger partial charge in [0.2, 0.25) is 5.91 Å². The SMILES string of the molecule is CC(NC(=O)Cc1cccnc1)c1ccc(O)c(F)c1. The monoisotopic (exact) mass is 274 g/mol. The molecule has 1 aromatic carbocycles. The van der Waals surface area contributed by atoms with E-state index in [1.54, 1.807) is 31.5 Å². The minimum atomic E-state index is -0.698. The summed E-state index contributed by atoms with van der Waals surface area (Å²) in [4.78, 5) is 15.8. The molecule has 4 nitrogen and oxygen atoms in total. The van der Waals surface area contributed by atoms with Gasteiger partial charge in [-0.25, -0.2) is 4.39 Å². The molecule has 2 N–H and O–H groups in total. The Morgan fingerprint density at radius 3 is 2.90 bits per heavy atom. The Morgan fingerprint density at radius 1 is 1.45 bits per heavy atom. The van der Waals surface area contributed by atoms with Gasteiger partial charge in [0, 0.05) is 12.4 Å². The molecule has 0 aliphatic rings. The molecule has 1 amide bonds. The summed E-state index contributed by atoms with van der Waals surface area (Å²) in [6.45, 7) is 1.76. The first-order valence-corrected chi connectivity index (χ1v) is 6.23. The van der Waals surface area contributed by atoms with Crippen LogP contribution in [-0.2, 0) is 11.2 Å². The molecule has 0 saturated heterocycles. The van der Waals surface area contributed by atoms with Crippen LogP contribution in [0.5, 0.6) is 5.75 Å². The number of amides is 1. The number of phenolic OH excluding ortho intramolecular Hbond substituents is 1. The van der Waals surface area contributed by atoms with Crippen molar-refractivity contribution in [1.29, 1.82) is 0 Å². The molecule has 2 aromatic rings. The molecule has 2 rings (SSSR count). The fourth-order valence-corrected chi connectivity index (χ4v) is 1.86. The smallest absolute Gasteiger partial charge is 0.224 e. The summed E-state index contributed by atoms with van der Waals surface area (Å²) < 4.78 is 13.3. The lowest BCUT2D eigenvalue weighted by Crippen LogP contribution is -2.28. The average molecular weight is 274 g/mol. The van der Waals surface area contributed by atoms with Crippen LogP contribution in [0, 0.1) is 5.82 Å². The number of hydrogen-bond donors (Lipinski definition) is 2. The van der Waals surface area contributed by atoms with Crippen molar-refractivity contribution in [2.24, 2.45) is 0 Å². The number of aromatic hydroxyl groups is 1. The van der Waals surface area contributed by atoms with Gasteiger partial charge in [-0.1, -0.05) is 12.1 Å². The number of aromatic nitrogens is 1. The van der Waals surface area contributed by atoms with Gasteiger partial charge in [0.05, 0.1) is 12.5 Å². The normalized spacial score (nSPS) is 11.9. The van der Waals surface area contributed by atoms with E-state index in [1.165, 1.54) is 12.1 Å². The highest BCUT2D eigenvalue weighted by atomic mass is 19.1. The molecule has 0 bridgehead atoms. The minimum absolute atomic E-state index is 0.168. The number of pyridine rings is 1. The highest BCUT2D eigenvalue weighted by Crippen LogP contribution is 2.20. The Hall–Kier alpha value is -2.43. The standard InChI is InChI=1S/C15H15FN2O2/c1-10(12-4-5-14(19)13(16)8-12)18-15(20)7-11-3-2-6-17-9-11/h2-6,8-10,19H,7H2,1H3,(H,18,20). The fourth-order valence-electron chi connectivity index (χ4n) is 1.86.